The van der Waals surface area contributed by atoms with Crippen LogP contribution in [0.15, 0.2) is 4.99 Å². The number of carbonyl (C=O) groups is 3. The van der Waals surface area contributed by atoms with Gasteiger partial charge in [0.25, 0.3) is 0 Å². The number of hydrogen-bond acceptors (Lipinski definition) is 4. The first kappa shape index (κ1) is 20.7. The zero-order valence-electron chi connectivity index (χ0n) is 14.8. The van der Waals surface area contributed by atoms with E-state index in [1.54, 1.807) is 0 Å². The molecule has 0 aromatic rings. The standard InChI is InChI=1S/C16H29N5O4/c1-9(2)7-12(21-13(22)10-8-11(10)15(24)25)14(23)19-5-3-4-6-20-16(17)18/h9-12H,3-8H2,1-2H3,(H,19,23)(H,21,22)(H,24,25)(H4,17,18,20)/t10-,11-,12+/m1/s1. The molecule has 1 fully saturated rings. The van der Waals surface area contributed by atoms with Crippen LogP contribution in [-0.4, -0.2) is 48.0 Å². The lowest BCUT2D eigenvalue weighted by atomic mass is 10.0. The number of rotatable bonds is 11. The first-order valence-corrected chi connectivity index (χ1v) is 8.58. The van der Waals surface area contributed by atoms with Crippen LogP contribution in [0.25, 0.3) is 0 Å². The van der Waals surface area contributed by atoms with Crippen molar-refractivity contribution < 1.29 is 19.5 Å². The van der Waals surface area contributed by atoms with Crippen LogP contribution in [0.2, 0.25) is 0 Å². The quantitative estimate of drug-likeness (QED) is 0.189. The van der Waals surface area contributed by atoms with Gasteiger partial charge in [-0.3, -0.25) is 19.4 Å². The topological polar surface area (TPSA) is 160 Å². The molecule has 0 spiro atoms. The summed E-state index contributed by atoms with van der Waals surface area (Å²) >= 11 is 0. The second-order valence-electron chi connectivity index (χ2n) is 6.78. The zero-order chi connectivity index (χ0) is 19.0. The molecule has 1 aliphatic carbocycles. The maximum Gasteiger partial charge on any atom is 0.307 e. The average Bonchev–Trinajstić information content (AvgIpc) is 3.29. The molecular weight excluding hydrogens is 326 g/mol. The van der Waals surface area contributed by atoms with Gasteiger partial charge in [-0.15, -0.1) is 0 Å². The summed E-state index contributed by atoms with van der Waals surface area (Å²) in [6.45, 7) is 4.88. The van der Waals surface area contributed by atoms with E-state index in [-0.39, 0.29) is 23.7 Å². The van der Waals surface area contributed by atoms with Crippen molar-refractivity contribution in [2.24, 2.45) is 34.2 Å². The molecule has 0 saturated heterocycles. The zero-order valence-corrected chi connectivity index (χ0v) is 14.8. The van der Waals surface area contributed by atoms with Crippen LogP contribution in [0.4, 0.5) is 0 Å². The minimum absolute atomic E-state index is 0.0449. The number of nitrogens with two attached hydrogens (primary N) is 2. The number of hydrogen-bond donors (Lipinski definition) is 5. The highest BCUT2D eigenvalue weighted by Crippen LogP contribution is 2.38. The highest BCUT2D eigenvalue weighted by atomic mass is 16.4. The Morgan fingerprint density at radius 2 is 1.88 bits per heavy atom. The van der Waals surface area contributed by atoms with Crippen molar-refractivity contribution >= 4 is 23.7 Å². The van der Waals surface area contributed by atoms with E-state index >= 15 is 0 Å². The summed E-state index contributed by atoms with van der Waals surface area (Å²) in [6, 6.07) is -0.653. The van der Waals surface area contributed by atoms with Crippen molar-refractivity contribution in [2.75, 3.05) is 13.1 Å². The number of nitrogens with zero attached hydrogens (tertiary/aromatic N) is 1. The van der Waals surface area contributed by atoms with Crippen molar-refractivity contribution in [3.63, 3.8) is 0 Å². The Labute approximate surface area is 147 Å². The van der Waals surface area contributed by atoms with E-state index < -0.39 is 23.8 Å². The molecule has 9 heteroatoms. The average molecular weight is 355 g/mol. The number of carbonyl (C=O) groups excluding carboxylic acids is 2. The van der Waals surface area contributed by atoms with Crippen LogP contribution in [0.3, 0.4) is 0 Å². The van der Waals surface area contributed by atoms with E-state index in [2.05, 4.69) is 15.6 Å². The fourth-order valence-electron chi connectivity index (χ4n) is 2.52. The normalized spacial score (nSPS) is 19.8. The van der Waals surface area contributed by atoms with Gasteiger partial charge < -0.3 is 27.2 Å². The third kappa shape index (κ3) is 7.86. The molecule has 2 amide bonds. The van der Waals surface area contributed by atoms with Gasteiger partial charge in [0, 0.05) is 13.1 Å². The first-order chi connectivity index (χ1) is 11.7. The second-order valence-corrected chi connectivity index (χ2v) is 6.78. The molecule has 7 N–H and O–H groups in total. The molecule has 0 radical (unpaired) electrons. The fraction of sp³-hybridized carbons (Fsp3) is 0.750. The monoisotopic (exact) mass is 355 g/mol. The molecule has 3 atom stereocenters. The van der Waals surface area contributed by atoms with Gasteiger partial charge in [0.1, 0.15) is 6.04 Å². The number of guanidine groups is 1. The van der Waals surface area contributed by atoms with Gasteiger partial charge in [-0.05, 0) is 31.6 Å². The predicted octanol–water partition coefficient (Wildman–Crippen LogP) is -0.592. The minimum atomic E-state index is -0.967. The van der Waals surface area contributed by atoms with E-state index in [0.29, 0.717) is 32.4 Å². The number of aliphatic imine (C=N–C) groups is 1. The summed E-state index contributed by atoms with van der Waals surface area (Å²) in [7, 11) is 0. The van der Waals surface area contributed by atoms with Crippen LogP contribution in [0.5, 0.6) is 0 Å². The predicted molar refractivity (Wildman–Crippen MR) is 93.5 cm³/mol. The van der Waals surface area contributed by atoms with E-state index in [1.807, 2.05) is 13.8 Å². The summed E-state index contributed by atoms with van der Waals surface area (Å²) in [5.74, 6) is -2.48. The third-order valence-corrected chi connectivity index (χ3v) is 3.96. The minimum Gasteiger partial charge on any atom is -0.481 e. The Hall–Kier alpha value is -2.32. The molecule has 1 aliphatic rings. The second kappa shape index (κ2) is 9.85. The fourth-order valence-corrected chi connectivity index (χ4v) is 2.52. The van der Waals surface area contributed by atoms with Crippen molar-refractivity contribution in [1.82, 2.24) is 10.6 Å². The molecular formula is C16H29N5O4. The Morgan fingerprint density at radius 3 is 2.40 bits per heavy atom. The van der Waals surface area contributed by atoms with Crippen LogP contribution in [0.1, 0.15) is 39.5 Å². The summed E-state index contributed by atoms with van der Waals surface area (Å²) in [5.41, 5.74) is 10.5. The number of amides is 2. The molecule has 0 aromatic heterocycles. The van der Waals surface area contributed by atoms with Crippen LogP contribution >= 0.6 is 0 Å². The number of carboxylic acids is 1. The Morgan fingerprint density at radius 1 is 1.20 bits per heavy atom. The smallest absolute Gasteiger partial charge is 0.307 e. The van der Waals surface area contributed by atoms with Crippen LogP contribution < -0.4 is 22.1 Å². The molecule has 0 aromatic carbocycles. The SMILES string of the molecule is CC(C)C[C@H](NC(=O)[C@@H]1C[C@H]1C(=O)O)C(=O)NCCCCN=C(N)N. The lowest BCUT2D eigenvalue weighted by Crippen LogP contribution is -2.48. The van der Waals surface area contributed by atoms with Gasteiger partial charge in [0.2, 0.25) is 11.8 Å². The van der Waals surface area contributed by atoms with E-state index in [9.17, 15) is 14.4 Å². The highest BCUT2D eigenvalue weighted by Gasteiger charge is 2.48. The highest BCUT2D eigenvalue weighted by molar-refractivity contribution is 5.93. The number of aliphatic carboxylic acids is 1. The molecule has 0 heterocycles. The third-order valence-electron chi connectivity index (χ3n) is 3.96. The lowest BCUT2D eigenvalue weighted by molar-refractivity contribution is -0.140. The first-order valence-electron chi connectivity index (χ1n) is 8.58. The van der Waals surface area contributed by atoms with Gasteiger partial charge >= 0.3 is 5.97 Å². The van der Waals surface area contributed by atoms with Gasteiger partial charge in [-0.2, -0.15) is 0 Å². The van der Waals surface area contributed by atoms with Gasteiger partial charge in [0.05, 0.1) is 11.8 Å². The Balaban J connectivity index is 2.40. The molecule has 1 rings (SSSR count). The van der Waals surface area contributed by atoms with Gasteiger partial charge in [0.15, 0.2) is 5.96 Å². The summed E-state index contributed by atoms with van der Waals surface area (Å²) in [5, 5.41) is 14.4. The van der Waals surface area contributed by atoms with E-state index in [4.69, 9.17) is 16.6 Å². The van der Waals surface area contributed by atoms with Crippen molar-refractivity contribution in [3.8, 4) is 0 Å². The summed E-state index contributed by atoms with van der Waals surface area (Å²) < 4.78 is 0. The summed E-state index contributed by atoms with van der Waals surface area (Å²) in [4.78, 5) is 39.1. The van der Waals surface area contributed by atoms with Crippen LogP contribution in [-0.2, 0) is 14.4 Å². The molecule has 0 aliphatic heterocycles. The molecule has 1 saturated carbocycles. The number of unbranched alkanes of at least 4 members (excludes halogenated alkanes) is 1. The van der Waals surface area contributed by atoms with Gasteiger partial charge in [-0.25, -0.2) is 0 Å². The largest absolute Gasteiger partial charge is 0.481 e. The summed E-state index contributed by atoms with van der Waals surface area (Å²) in [6.07, 6.45) is 2.29. The Kier molecular flexibility index (Phi) is 8.17. The molecule has 25 heavy (non-hydrogen) atoms. The van der Waals surface area contributed by atoms with Crippen molar-refractivity contribution in [3.05, 3.63) is 0 Å². The van der Waals surface area contributed by atoms with Gasteiger partial charge in [-0.1, -0.05) is 13.8 Å². The lowest BCUT2D eigenvalue weighted by Gasteiger charge is -2.20. The molecule has 0 unspecified atom stereocenters. The van der Waals surface area contributed by atoms with E-state index in [1.165, 1.54) is 0 Å². The van der Waals surface area contributed by atoms with Crippen molar-refractivity contribution in [1.29, 1.82) is 0 Å². The Bertz CT molecular complexity index is 517. The van der Waals surface area contributed by atoms with E-state index in [0.717, 1.165) is 6.42 Å². The van der Waals surface area contributed by atoms with Crippen LogP contribution in [0, 0.1) is 17.8 Å². The number of nitrogens with one attached hydrogen (secondary N) is 2. The maximum absolute atomic E-state index is 12.3. The number of carboxylic acid groups (broad SMARTS) is 1. The maximum atomic E-state index is 12.3. The molecule has 0 bridgehead atoms. The molecule has 9 nitrogen and oxygen atoms in total. The molecule has 142 valence electrons. The van der Waals surface area contributed by atoms with Crippen molar-refractivity contribution in [2.45, 2.75) is 45.6 Å².